The zero-order valence-corrected chi connectivity index (χ0v) is 10.2. The van der Waals surface area contributed by atoms with Crippen LogP contribution in [0.2, 0.25) is 0 Å². The Morgan fingerprint density at radius 1 is 1.24 bits per heavy atom. The molecule has 17 heavy (non-hydrogen) atoms. The van der Waals surface area contributed by atoms with Gasteiger partial charge >= 0.3 is 0 Å². The van der Waals surface area contributed by atoms with Crippen LogP contribution in [0.5, 0.6) is 0 Å². The molecular formula is C12H12N4S. The van der Waals surface area contributed by atoms with Gasteiger partial charge in [0, 0.05) is 5.38 Å². The maximum absolute atomic E-state index is 5.81. The number of aryl methyl sites for hydroxylation is 1. The van der Waals surface area contributed by atoms with Crippen LogP contribution in [0, 0.1) is 0 Å². The molecule has 0 aliphatic heterocycles. The molecule has 3 aromatic rings. The lowest BCUT2D eigenvalue weighted by Gasteiger charge is -2.02. The summed E-state index contributed by atoms with van der Waals surface area (Å²) in [4.78, 5) is 0.831. The molecule has 5 heteroatoms. The maximum atomic E-state index is 5.81. The van der Waals surface area contributed by atoms with E-state index in [-0.39, 0.29) is 0 Å². The fourth-order valence-electron chi connectivity index (χ4n) is 1.85. The molecule has 4 nitrogen and oxygen atoms in total. The molecule has 2 aromatic heterocycles. The average Bonchev–Trinajstić information content (AvgIpc) is 2.93. The SMILES string of the molecule is CCc1ccc(-c2csc3nnc(N)n23)cc1. The van der Waals surface area contributed by atoms with Crippen LogP contribution in [0.25, 0.3) is 16.2 Å². The first-order chi connectivity index (χ1) is 8.29. The van der Waals surface area contributed by atoms with Crippen LogP contribution in [0.15, 0.2) is 29.6 Å². The Labute approximate surface area is 103 Å². The first-order valence-electron chi connectivity index (χ1n) is 5.47. The van der Waals surface area contributed by atoms with E-state index < -0.39 is 0 Å². The standard InChI is InChI=1S/C12H12N4S/c1-2-8-3-5-9(6-4-8)10-7-17-12-15-14-11(13)16(10)12/h3-7H,2H2,1H3,(H2,13,14). The largest absolute Gasteiger partial charge is 0.368 e. The second-order valence-electron chi connectivity index (χ2n) is 3.85. The first-order valence-corrected chi connectivity index (χ1v) is 6.35. The zero-order valence-electron chi connectivity index (χ0n) is 9.42. The molecule has 3 rings (SSSR count). The lowest BCUT2D eigenvalue weighted by molar-refractivity contribution is 1.12. The van der Waals surface area contributed by atoms with Crippen molar-refractivity contribution in [3.05, 3.63) is 35.2 Å². The van der Waals surface area contributed by atoms with Crippen LogP contribution >= 0.6 is 11.3 Å². The second-order valence-corrected chi connectivity index (χ2v) is 4.68. The first kappa shape index (κ1) is 10.3. The van der Waals surface area contributed by atoms with Crippen molar-refractivity contribution < 1.29 is 0 Å². The molecule has 0 saturated carbocycles. The minimum Gasteiger partial charge on any atom is -0.368 e. The highest BCUT2D eigenvalue weighted by molar-refractivity contribution is 7.15. The highest BCUT2D eigenvalue weighted by atomic mass is 32.1. The molecule has 0 atom stereocenters. The summed E-state index contributed by atoms with van der Waals surface area (Å²) in [6.45, 7) is 2.15. The van der Waals surface area contributed by atoms with Crippen molar-refractivity contribution in [2.75, 3.05) is 5.73 Å². The number of hydrogen-bond acceptors (Lipinski definition) is 4. The van der Waals surface area contributed by atoms with E-state index in [0.29, 0.717) is 5.95 Å². The second kappa shape index (κ2) is 3.85. The predicted molar refractivity (Wildman–Crippen MR) is 70.1 cm³/mol. The maximum Gasteiger partial charge on any atom is 0.227 e. The van der Waals surface area contributed by atoms with Crippen LogP contribution in [-0.4, -0.2) is 14.6 Å². The third-order valence-electron chi connectivity index (χ3n) is 2.83. The van der Waals surface area contributed by atoms with Gasteiger partial charge in [-0.1, -0.05) is 31.2 Å². The summed E-state index contributed by atoms with van der Waals surface area (Å²) < 4.78 is 1.88. The summed E-state index contributed by atoms with van der Waals surface area (Å²) in [6.07, 6.45) is 1.05. The van der Waals surface area contributed by atoms with Gasteiger partial charge in [0.05, 0.1) is 5.69 Å². The Balaban J connectivity index is 2.16. The smallest absolute Gasteiger partial charge is 0.227 e. The lowest BCUT2D eigenvalue weighted by Crippen LogP contribution is -1.94. The van der Waals surface area contributed by atoms with Crippen molar-refractivity contribution >= 4 is 22.2 Å². The summed E-state index contributed by atoms with van der Waals surface area (Å²) in [5, 5.41) is 9.94. The van der Waals surface area contributed by atoms with Gasteiger partial charge in [-0.2, -0.15) is 0 Å². The summed E-state index contributed by atoms with van der Waals surface area (Å²) in [6, 6.07) is 8.50. The van der Waals surface area contributed by atoms with Crippen LogP contribution in [0.3, 0.4) is 0 Å². The molecule has 0 fully saturated rings. The van der Waals surface area contributed by atoms with E-state index >= 15 is 0 Å². The van der Waals surface area contributed by atoms with Crippen molar-refractivity contribution in [2.45, 2.75) is 13.3 Å². The molecule has 0 aliphatic carbocycles. The molecule has 0 bridgehead atoms. The Bertz CT molecular complexity index is 651. The van der Waals surface area contributed by atoms with E-state index in [1.165, 1.54) is 5.56 Å². The van der Waals surface area contributed by atoms with E-state index in [4.69, 9.17) is 5.73 Å². The van der Waals surface area contributed by atoms with Gasteiger partial charge in [-0.25, -0.2) is 0 Å². The van der Waals surface area contributed by atoms with Gasteiger partial charge in [0.25, 0.3) is 0 Å². The number of nitrogen functional groups attached to an aromatic ring is 1. The molecule has 0 radical (unpaired) electrons. The highest BCUT2D eigenvalue weighted by Gasteiger charge is 2.10. The number of hydrogen-bond donors (Lipinski definition) is 1. The Morgan fingerprint density at radius 3 is 2.71 bits per heavy atom. The minimum absolute atomic E-state index is 0.441. The van der Waals surface area contributed by atoms with E-state index in [1.54, 1.807) is 11.3 Å². The van der Waals surface area contributed by atoms with E-state index in [2.05, 4.69) is 46.8 Å². The average molecular weight is 244 g/mol. The Hall–Kier alpha value is -1.88. The number of rotatable bonds is 2. The third-order valence-corrected chi connectivity index (χ3v) is 3.65. The summed E-state index contributed by atoms with van der Waals surface area (Å²) >= 11 is 1.55. The van der Waals surface area contributed by atoms with Gasteiger partial charge in [-0.05, 0) is 17.5 Å². The molecule has 2 N–H and O–H groups in total. The molecule has 0 amide bonds. The van der Waals surface area contributed by atoms with E-state index in [9.17, 15) is 0 Å². The van der Waals surface area contributed by atoms with Crippen LogP contribution in [0.1, 0.15) is 12.5 Å². The van der Waals surface area contributed by atoms with Crippen molar-refractivity contribution in [2.24, 2.45) is 0 Å². The predicted octanol–water partition coefficient (Wildman–Crippen LogP) is 2.60. The van der Waals surface area contributed by atoms with Crippen molar-refractivity contribution in [1.29, 1.82) is 0 Å². The molecule has 0 aliphatic rings. The fraction of sp³-hybridized carbons (Fsp3) is 0.167. The van der Waals surface area contributed by atoms with Crippen LogP contribution < -0.4 is 5.73 Å². The van der Waals surface area contributed by atoms with Crippen LogP contribution in [-0.2, 0) is 6.42 Å². The van der Waals surface area contributed by atoms with Crippen molar-refractivity contribution in [1.82, 2.24) is 14.6 Å². The zero-order chi connectivity index (χ0) is 11.8. The topological polar surface area (TPSA) is 56.2 Å². The number of nitrogens with two attached hydrogens (primary N) is 1. The monoisotopic (exact) mass is 244 g/mol. The van der Waals surface area contributed by atoms with Gasteiger partial charge in [0.1, 0.15) is 0 Å². The van der Waals surface area contributed by atoms with E-state index in [1.807, 2.05) is 4.40 Å². The lowest BCUT2D eigenvalue weighted by atomic mass is 10.1. The minimum atomic E-state index is 0.441. The molecule has 86 valence electrons. The van der Waals surface area contributed by atoms with Crippen LogP contribution in [0.4, 0.5) is 5.95 Å². The third kappa shape index (κ3) is 1.59. The quantitative estimate of drug-likeness (QED) is 0.754. The van der Waals surface area contributed by atoms with Gasteiger partial charge in [-0.15, -0.1) is 21.5 Å². The number of thiazole rings is 1. The summed E-state index contributed by atoms with van der Waals surface area (Å²) in [7, 11) is 0. The number of anilines is 1. The summed E-state index contributed by atoms with van der Waals surface area (Å²) in [5.41, 5.74) is 9.33. The van der Waals surface area contributed by atoms with Crippen molar-refractivity contribution in [3.8, 4) is 11.3 Å². The number of nitrogens with zero attached hydrogens (tertiary/aromatic N) is 3. The Kier molecular flexibility index (Phi) is 2.33. The van der Waals surface area contributed by atoms with Crippen molar-refractivity contribution in [3.63, 3.8) is 0 Å². The molecule has 2 heterocycles. The Morgan fingerprint density at radius 2 is 2.00 bits per heavy atom. The highest BCUT2D eigenvalue weighted by Crippen LogP contribution is 2.27. The van der Waals surface area contributed by atoms with Gasteiger partial charge < -0.3 is 5.73 Å². The van der Waals surface area contributed by atoms with Gasteiger partial charge in [0.15, 0.2) is 0 Å². The number of aromatic nitrogens is 3. The fourth-order valence-corrected chi connectivity index (χ4v) is 2.70. The van der Waals surface area contributed by atoms with E-state index in [0.717, 1.165) is 22.6 Å². The molecule has 0 spiro atoms. The summed E-state index contributed by atoms with van der Waals surface area (Å²) in [5.74, 6) is 0.441. The van der Waals surface area contributed by atoms with Gasteiger partial charge in [0.2, 0.25) is 10.9 Å². The molecule has 0 saturated heterocycles. The molecule has 0 unspecified atom stereocenters. The molecular weight excluding hydrogens is 232 g/mol. The van der Waals surface area contributed by atoms with Gasteiger partial charge in [-0.3, -0.25) is 4.40 Å². The normalized spacial score (nSPS) is 11.1. The number of fused-ring (bicyclic) bond motifs is 1. The molecule has 1 aromatic carbocycles. The number of benzene rings is 1.